The van der Waals surface area contributed by atoms with E-state index in [1.165, 1.54) is 6.92 Å². The molecule has 3 rings (SSSR count). The molecule has 13 heavy (non-hydrogen) atoms. The molecule has 0 aromatic heterocycles. The molecule has 0 amide bonds. The Labute approximate surface area is 77.4 Å². The van der Waals surface area contributed by atoms with Gasteiger partial charge in [0.25, 0.3) is 0 Å². The van der Waals surface area contributed by atoms with Crippen LogP contribution in [-0.2, 0) is 14.3 Å². The molecule has 72 valence electrons. The highest BCUT2D eigenvalue weighted by atomic mass is 16.5. The zero-order valence-electron chi connectivity index (χ0n) is 7.79. The smallest absolute Gasteiger partial charge is 0.302 e. The Kier molecular flexibility index (Phi) is 2.10. The average molecular weight is 182 g/mol. The van der Waals surface area contributed by atoms with Crippen LogP contribution in [0.1, 0.15) is 32.6 Å². The minimum atomic E-state index is -0.259. The second-order valence-corrected chi connectivity index (χ2v) is 4.10. The zero-order chi connectivity index (χ0) is 9.42. The third kappa shape index (κ3) is 1.60. The number of esters is 1. The molecule has 3 heteroatoms. The van der Waals surface area contributed by atoms with E-state index in [-0.39, 0.29) is 18.0 Å². The SMILES string of the molecule is CC(=O)O[C@H]1C[C@@H]2CC[C@H]1C(=O)C2. The van der Waals surface area contributed by atoms with E-state index in [0.717, 1.165) is 19.3 Å². The fourth-order valence-electron chi connectivity index (χ4n) is 2.54. The van der Waals surface area contributed by atoms with E-state index < -0.39 is 0 Å². The van der Waals surface area contributed by atoms with Gasteiger partial charge in [-0.1, -0.05) is 0 Å². The maximum Gasteiger partial charge on any atom is 0.302 e. The Balaban J connectivity index is 2.05. The number of hydrogen-bond acceptors (Lipinski definition) is 3. The Bertz CT molecular complexity index is 247. The molecule has 0 heterocycles. The highest BCUT2D eigenvalue weighted by molar-refractivity contribution is 5.84. The number of fused-ring (bicyclic) bond motifs is 3. The van der Waals surface area contributed by atoms with Crippen LogP contribution in [0.5, 0.6) is 0 Å². The number of hydrogen-bond donors (Lipinski definition) is 0. The van der Waals surface area contributed by atoms with E-state index in [9.17, 15) is 9.59 Å². The lowest BCUT2D eigenvalue weighted by atomic mass is 9.68. The van der Waals surface area contributed by atoms with Crippen molar-refractivity contribution in [3.63, 3.8) is 0 Å². The van der Waals surface area contributed by atoms with Crippen LogP contribution in [0.25, 0.3) is 0 Å². The van der Waals surface area contributed by atoms with Crippen LogP contribution in [0.4, 0.5) is 0 Å². The van der Waals surface area contributed by atoms with Crippen LogP contribution in [-0.4, -0.2) is 17.9 Å². The first kappa shape index (κ1) is 8.73. The first-order chi connectivity index (χ1) is 6.16. The van der Waals surface area contributed by atoms with E-state index >= 15 is 0 Å². The maximum atomic E-state index is 11.5. The normalized spacial score (nSPS) is 37.6. The first-order valence-corrected chi connectivity index (χ1v) is 4.86. The molecule has 3 aliphatic carbocycles. The summed E-state index contributed by atoms with van der Waals surface area (Å²) < 4.78 is 5.14. The van der Waals surface area contributed by atoms with E-state index in [1.807, 2.05) is 0 Å². The molecule has 0 saturated heterocycles. The zero-order valence-corrected chi connectivity index (χ0v) is 7.79. The molecule has 3 fully saturated rings. The predicted octanol–water partition coefficient (Wildman–Crippen LogP) is 1.31. The second-order valence-electron chi connectivity index (χ2n) is 4.10. The summed E-state index contributed by atoms with van der Waals surface area (Å²) in [5.74, 6) is 0.523. The summed E-state index contributed by atoms with van der Waals surface area (Å²) >= 11 is 0. The summed E-state index contributed by atoms with van der Waals surface area (Å²) in [5.41, 5.74) is 0. The van der Waals surface area contributed by atoms with Gasteiger partial charge in [0.1, 0.15) is 11.9 Å². The van der Waals surface area contributed by atoms with E-state index in [4.69, 9.17) is 4.74 Å². The van der Waals surface area contributed by atoms with Crippen molar-refractivity contribution in [3.05, 3.63) is 0 Å². The molecule has 0 N–H and O–H groups in total. The van der Waals surface area contributed by atoms with Gasteiger partial charge in [0.05, 0.1) is 5.92 Å². The number of rotatable bonds is 1. The molecule has 0 aromatic rings. The summed E-state index contributed by atoms with van der Waals surface area (Å²) in [4.78, 5) is 22.2. The molecule has 3 aliphatic rings. The van der Waals surface area contributed by atoms with Gasteiger partial charge >= 0.3 is 5.97 Å². The highest BCUT2D eigenvalue weighted by Gasteiger charge is 2.42. The third-order valence-electron chi connectivity index (χ3n) is 3.12. The number of carbonyl (C=O) groups is 2. The minimum absolute atomic E-state index is 0.00824. The van der Waals surface area contributed by atoms with Crippen molar-refractivity contribution in [2.75, 3.05) is 0 Å². The third-order valence-corrected chi connectivity index (χ3v) is 3.12. The molecular weight excluding hydrogens is 168 g/mol. The van der Waals surface area contributed by atoms with Crippen LogP contribution < -0.4 is 0 Å². The molecule has 2 bridgehead atoms. The Morgan fingerprint density at radius 3 is 2.77 bits per heavy atom. The molecule has 0 radical (unpaired) electrons. The fourth-order valence-corrected chi connectivity index (χ4v) is 2.54. The molecule has 0 aliphatic heterocycles. The van der Waals surface area contributed by atoms with Crippen LogP contribution in [0.2, 0.25) is 0 Å². The lowest BCUT2D eigenvalue weighted by Crippen LogP contribution is -2.43. The van der Waals surface area contributed by atoms with Gasteiger partial charge in [-0.25, -0.2) is 0 Å². The van der Waals surface area contributed by atoms with Crippen molar-refractivity contribution < 1.29 is 14.3 Å². The summed E-state index contributed by atoms with van der Waals surface area (Å²) in [6, 6.07) is 0. The molecular formula is C10H14O3. The monoisotopic (exact) mass is 182 g/mol. The molecule has 3 atom stereocenters. The minimum Gasteiger partial charge on any atom is -0.462 e. The predicted molar refractivity (Wildman–Crippen MR) is 46.0 cm³/mol. The topological polar surface area (TPSA) is 43.4 Å². The van der Waals surface area contributed by atoms with Crippen LogP contribution >= 0.6 is 0 Å². The van der Waals surface area contributed by atoms with Gasteiger partial charge in [0.2, 0.25) is 0 Å². The van der Waals surface area contributed by atoms with Crippen LogP contribution in [0.3, 0.4) is 0 Å². The van der Waals surface area contributed by atoms with Crippen LogP contribution in [0, 0.1) is 11.8 Å². The molecule has 3 saturated carbocycles. The van der Waals surface area contributed by atoms with Gasteiger partial charge in [0, 0.05) is 13.3 Å². The number of ketones is 1. The Morgan fingerprint density at radius 1 is 1.46 bits per heavy atom. The fraction of sp³-hybridized carbons (Fsp3) is 0.800. The van der Waals surface area contributed by atoms with E-state index in [1.54, 1.807) is 0 Å². The molecule has 0 unspecified atom stereocenters. The lowest BCUT2D eigenvalue weighted by molar-refractivity contribution is -0.158. The second kappa shape index (κ2) is 3.13. The summed E-state index contributed by atoms with van der Waals surface area (Å²) in [7, 11) is 0. The largest absolute Gasteiger partial charge is 0.462 e. The number of ether oxygens (including phenoxy) is 1. The van der Waals surface area contributed by atoms with Gasteiger partial charge in [-0.15, -0.1) is 0 Å². The van der Waals surface area contributed by atoms with Crippen molar-refractivity contribution in [2.24, 2.45) is 11.8 Å². The molecule has 0 aromatic carbocycles. The van der Waals surface area contributed by atoms with Crippen molar-refractivity contribution in [2.45, 2.75) is 38.7 Å². The summed E-state index contributed by atoms with van der Waals surface area (Å²) in [5, 5.41) is 0. The van der Waals surface area contributed by atoms with Crippen molar-refractivity contribution >= 4 is 11.8 Å². The van der Waals surface area contributed by atoms with Crippen molar-refractivity contribution in [1.82, 2.24) is 0 Å². The molecule has 3 nitrogen and oxygen atoms in total. The lowest BCUT2D eigenvalue weighted by Gasteiger charge is -2.40. The molecule has 0 spiro atoms. The number of carbonyl (C=O) groups excluding carboxylic acids is 2. The quantitative estimate of drug-likeness (QED) is 0.574. The van der Waals surface area contributed by atoms with Gasteiger partial charge in [-0.05, 0) is 25.2 Å². The number of Topliss-reactive ketones (excluding diaryl/α,β-unsaturated/α-hetero) is 1. The maximum absolute atomic E-state index is 11.5. The van der Waals surface area contributed by atoms with E-state index in [0.29, 0.717) is 18.1 Å². The van der Waals surface area contributed by atoms with Crippen molar-refractivity contribution in [1.29, 1.82) is 0 Å². The summed E-state index contributed by atoms with van der Waals surface area (Å²) in [6.45, 7) is 1.41. The van der Waals surface area contributed by atoms with E-state index in [2.05, 4.69) is 0 Å². The summed E-state index contributed by atoms with van der Waals surface area (Å²) in [6.07, 6.45) is 3.55. The van der Waals surface area contributed by atoms with Gasteiger partial charge in [-0.2, -0.15) is 0 Å². The first-order valence-electron chi connectivity index (χ1n) is 4.86. The van der Waals surface area contributed by atoms with Gasteiger partial charge in [-0.3, -0.25) is 9.59 Å². The van der Waals surface area contributed by atoms with Gasteiger partial charge < -0.3 is 4.74 Å². The highest BCUT2D eigenvalue weighted by Crippen LogP contribution is 2.40. The van der Waals surface area contributed by atoms with Crippen molar-refractivity contribution in [3.8, 4) is 0 Å². The standard InChI is InChI=1S/C10H14O3/c1-6(11)13-10-5-7-2-3-8(10)9(12)4-7/h7-8,10H,2-5H2,1H3/t7-,8+,10+/m1/s1. The average Bonchev–Trinajstić information content (AvgIpc) is 2.02. The Hall–Kier alpha value is -0.860. The van der Waals surface area contributed by atoms with Gasteiger partial charge in [0.15, 0.2) is 0 Å². The Morgan fingerprint density at radius 2 is 2.23 bits per heavy atom. The van der Waals surface area contributed by atoms with Crippen LogP contribution in [0.15, 0.2) is 0 Å².